The van der Waals surface area contributed by atoms with Crippen LogP contribution in [0.15, 0.2) is 140 Å². The first-order chi connectivity index (χ1) is 23.0. The molecule has 2 nitrogen and oxygen atoms in total. The smallest absolute Gasteiger partial charge is 0.0276 e. The zero-order chi connectivity index (χ0) is 32.0. The van der Waals surface area contributed by atoms with Crippen LogP contribution in [-0.2, 0) is 25.5 Å². The third kappa shape index (κ3) is 5.71. The van der Waals surface area contributed by atoms with Gasteiger partial charge in [0.05, 0.1) is 0 Å². The van der Waals surface area contributed by atoms with E-state index in [1.807, 2.05) is 60.0 Å². The van der Waals surface area contributed by atoms with Gasteiger partial charge in [-0.05, 0) is 76.9 Å². The van der Waals surface area contributed by atoms with Crippen LogP contribution in [0.3, 0.4) is 0 Å². The van der Waals surface area contributed by atoms with E-state index >= 15 is 0 Å². The first-order valence-electron chi connectivity index (χ1n) is 15.9. The molecule has 4 heteroatoms. The minimum atomic E-state index is 0. The van der Waals surface area contributed by atoms with Gasteiger partial charge in [0.15, 0.2) is 0 Å². The molecule has 6 aromatic carbocycles. The SMILES string of the molecule is CC(C)(C)c1cccc2c1sc1c(-c3nccc4c3ccc3c5ccccc5ccc43)[c-]ccc12.[Ir].[c-]1ccccc1-c1ccccn1. The number of hydrogen-bond acceptors (Lipinski definition) is 3. The maximum absolute atomic E-state index is 4.91. The van der Waals surface area contributed by atoms with E-state index in [1.165, 1.54) is 58.1 Å². The molecule has 9 aromatic rings. The number of nitrogens with zero attached hydrogens (tertiary/aromatic N) is 2. The molecule has 0 amide bonds. The Bertz CT molecular complexity index is 2510. The second-order valence-electron chi connectivity index (χ2n) is 12.8. The van der Waals surface area contributed by atoms with Gasteiger partial charge in [-0.3, -0.25) is 0 Å². The molecule has 0 unspecified atom stereocenters. The van der Waals surface area contributed by atoms with E-state index in [9.17, 15) is 0 Å². The summed E-state index contributed by atoms with van der Waals surface area (Å²) in [5.74, 6) is 0. The van der Waals surface area contributed by atoms with Gasteiger partial charge in [-0.25, -0.2) is 0 Å². The summed E-state index contributed by atoms with van der Waals surface area (Å²) in [7, 11) is 0. The van der Waals surface area contributed by atoms with Crippen LogP contribution in [0.2, 0.25) is 0 Å². The number of fused-ring (bicyclic) bond motifs is 8. The maximum atomic E-state index is 4.91. The van der Waals surface area contributed by atoms with Crippen molar-refractivity contribution in [2.45, 2.75) is 26.2 Å². The van der Waals surface area contributed by atoms with Crippen molar-refractivity contribution < 1.29 is 20.1 Å². The Morgan fingerprint density at radius 1 is 0.521 bits per heavy atom. The van der Waals surface area contributed by atoms with Crippen LogP contribution < -0.4 is 0 Å². The van der Waals surface area contributed by atoms with E-state index < -0.39 is 0 Å². The Kier molecular flexibility index (Phi) is 8.66. The molecule has 1 radical (unpaired) electrons. The van der Waals surface area contributed by atoms with Gasteiger partial charge >= 0.3 is 0 Å². The zero-order valence-corrected chi connectivity index (χ0v) is 30.1. The van der Waals surface area contributed by atoms with Gasteiger partial charge in [-0.2, -0.15) is 11.3 Å². The Labute approximate surface area is 298 Å². The maximum Gasteiger partial charge on any atom is 0.0276 e. The van der Waals surface area contributed by atoms with Crippen LogP contribution in [0, 0.1) is 12.1 Å². The molecule has 0 saturated heterocycles. The molecule has 9 rings (SSSR count). The number of thiophene rings is 1. The molecule has 0 saturated carbocycles. The van der Waals surface area contributed by atoms with Crippen molar-refractivity contribution in [3.05, 3.63) is 157 Å². The summed E-state index contributed by atoms with van der Waals surface area (Å²) in [6.45, 7) is 6.88. The largest absolute Gasteiger partial charge is 0.305 e. The molecule has 48 heavy (non-hydrogen) atoms. The Hall–Kier alpha value is -4.73. The van der Waals surface area contributed by atoms with Gasteiger partial charge in [-0.15, -0.1) is 59.7 Å². The average Bonchev–Trinajstić information content (AvgIpc) is 3.51. The van der Waals surface area contributed by atoms with E-state index in [-0.39, 0.29) is 25.5 Å². The summed E-state index contributed by atoms with van der Waals surface area (Å²) in [5, 5.41) is 10.1. The van der Waals surface area contributed by atoms with Crippen LogP contribution in [0.4, 0.5) is 0 Å². The predicted octanol–water partition coefficient (Wildman–Crippen LogP) is 12.2. The van der Waals surface area contributed by atoms with Crippen LogP contribution in [0.1, 0.15) is 26.3 Å². The van der Waals surface area contributed by atoms with Crippen molar-refractivity contribution in [3.63, 3.8) is 0 Å². The molecule has 0 aliphatic heterocycles. The molecule has 0 N–H and O–H groups in total. The first-order valence-corrected chi connectivity index (χ1v) is 16.7. The molecule has 0 aliphatic carbocycles. The van der Waals surface area contributed by atoms with Crippen molar-refractivity contribution >= 4 is 63.8 Å². The Morgan fingerprint density at radius 3 is 2.06 bits per heavy atom. The van der Waals surface area contributed by atoms with Crippen molar-refractivity contribution in [2.75, 3.05) is 0 Å². The second kappa shape index (κ2) is 13.1. The van der Waals surface area contributed by atoms with Gasteiger partial charge < -0.3 is 9.97 Å². The van der Waals surface area contributed by atoms with Crippen LogP contribution in [0.5, 0.6) is 0 Å². The standard InChI is InChI=1S/C33H24NS.C11H8N.Ir/c1-33(2,3)29-13-7-11-27-26-10-6-12-28(31(26)35-32(27)29)30-25-17-16-22-21-9-5-4-8-20(21)14-15-23(22)24(25)18-19-34-30;1-2-6-10(7-3-1)11-8-4-5-9-12-11;/h4-11,13-19H,1-3H3;1-6,8-9H;/q2*-1;. The van der Waals surface area contributed by atoms with Gasteiger partial charge in [0.1, 0.15) is 0 Å². The summed E-state index contributed by atoms with van der Waals surface area (Å²) >= 11 is 1.88. The Balaban J connectivity index is 0.000000237. The average molecular weight is 813 g/mol. The predicted molar refractivity (Wildman–Crippen MR) is 201 cm³/mol. The third-order valence-electron chi connectivity index (χ3n) is 8.82. The van der Waals surface area contributed by atoms with E-state index in [0.29, 0.717) is 0 Å². The molecule has 0 fully saturated rings. The van der Waals surface area contributed by atoms with E-state index in [1.54, 1.807) is 6.20 Å². The zero-order valence-electron chi connectivity index (χ0n) is 26.9. The molecule has 0 bridgehead atoms. The molecule has 0 atom stereocenters. The number of hydrogen-bond donors (Lipinski definition) is 0. The fourth-order valence-electron chi connectivity index (χ4n) is 6.56. The first kappa shape index (κ1) is 31.8. The Morgan fingerprint density at radius 2 is 1.25 bits per heavy atom. The number of pyridine rings is 2. The summed E-state index contributed by atoms with van der Waals surface area (Å²) in [5.41, 5.74) is 5.59. The fourth-order valence-corrected chi connectivity index (χ4v) is 8.08. The van der Waals surface area contributed by atoms with Crippen molar-refractivity contribution in [1.82, 2.24) is 9.97 Å². The van der Waals surface area contributed by atoms with E-state index in [4.69, 9.17) is 4.98 Å². The van der Waals surface area contributed by atoms with Gasteiger partial charge in [0, 0.05) is 37.2 Å². The van der Waals surface area contributed by atoms with E-state index in [0.717, 1.165) is 22.5 Å². The second-order valence-corrected chi connectivity index (χ2v) is 13.8. The normalized spacial score (nSPS) is 11.5. The van der Waals surface area contributed by atoms with Gasteiger partial charge in [0.25, 0.3) is 0 Å². The van der Waals surface area contributed by atoms with Crippen LogP contribution in [-0.4, -0.2) is 9.97 Å². The number of rotatable bonds is 2. The molecular weight excluding hydrogens is 781 g/mol. The molecular formula is C44H32IrN2S-2. The van der Waals surface area contributed by atoms with Crippen molar-refractivity contribution in [1.29, 1.82) is 0 Å². The minimum absolute atomic E-state index is 0. The van der Waals surface area contributed by atoms with Gasteiger partial charge in [0.2, 0.25) is 0 Å². The number of aromatic nitrogens is 2. The molecule has 235 valence electrons. The van der Waals surface area contributed by atoms with Crippen molar-refractivity contribution in [2.24, 2.45) is 0 Å². The summed E-state index contributed by atoms with van der Waals surface area (Å²) < 4.78 is 2.63. The number of benzene rings is 6. The molecule has 3 aromatic heterocycles. The van der Waals surface area contributed by atoms with Crippen LogP contribution in [0.25, 0.3) is 75.0 Å². The van der Waals surface area contributed by atoms with Gasteiger partial charge in [-0.1, -0.05) is 105 Å². The minimum Gasteiger partial charge on any atom is -0.305 e. The topological polar surface area (TPSA) is 25.8 Å². The third-order valence-corrected chi connectivity index (χ3v) is 10.1. The molecule has 0 aliphatic rings. The quantitative estimate of drug-likeness (QED) is 0.128. The summed E-state index contributed by atoms with van der Waals surface area (Å²) in [4.78, 5) is 9.13. The van der Waals surface area contributed by atoms with Crippen molar-refractivity contribution in [3.8, 4) is 22.5 Å². The van der Waals surface area contributed by atoms with E-state index in [2.05, 4.69) is 123 Å². The summed E-state index contributed by atoms with van der Waals surface area (Å²) in [6, 6.07) is 51.1. The van der Waals surface area contributed by atoms with Crippen LogP contribution >= 0.6 is 11.3 Å². The molecule has 0 spiro atoms. The monoisotopic (exact) mass is 813 g/mol. The molecule has 3 heterocycles. The summed E-state index contributed by atoms with van der Waals surface area (Å²) in [6.07, 6.45) is 3.74. The fraction of sp³-hybridized carbons (Fsp3) is 0.0909.